The molecule has 0 unspecified atom stereocenters. The fraction of sp³-hybridized carbons (Fsp3) is 0.308. The molecule has 2 heterocycles. The van der Waals surface area contributed by atoms with Gasteiger partial charge >= 0.3 is 0 Å². The smallest absolute Gasteiger partial charge is 0.239 e. The van der Waals surface area contributed by atoms with E-state index in [2.05, 4.69) is 25.5 Å². The number of nitrogens with zero attached hydrogens (tertiary/aromatic N) is 4. The fourth-order valence-electron chi connectivity index (χ4n) is 4.00. The average Bonchev–Trinajstić information content (AvgIpc) is 2.89. The van der Waals surface area contributed by atoms with E-state index in [-0.39, 0.29) is 5.91 Å². The summed E-state index contributed by atoms with van der Waals surface area (Å²) in [6, 6.07) is 16.6. The highest BCUT2D eigenvalue weighted by molar-refractivity contribution is 5.82. The van der Waals surface area contributed by atoms with Crippen LogP contribution in [0, 0.1) is 0 Å². The molecule has 0 bridgehead atoms. The number of hydrogen-bond donors (Lipinski definition) is 4. The maximum atomic E-state index is 12.1. The van der Waals surface area contributed by atoms with E-state index in [0.717, 1.165) is 41.4 Å². The molecule has 1 aromatic heterocycles. The van der Waals surface area contributed by atoms with E-state index in [1.165, 1.54) is 0 Å². The van der Waals surface area contributed by atoms with Gasteiger partial charge in [-0.05, 0) is 56.3 Å². The van der Waals surface area contributed by atoms with Crippen LogP contribution in [0.1, 0.15) is 13.8 Å². The summed E-state index contributed by atoms with van der Waals surface area (Å²) in [6.45, 7) is 6.32. The van der Waals surface area contributed by atoms with Gasteiger partial charge in [-0.2, -0.15) is 0 Å². The van der Waals surface area contributed by atoms with Crippen molar-refractivity contribution in [2.24, 2.45) is 11.5 Å². The highest BCUT2D eigenvalue weighted by Crippen LogP contribution is 2.24. The summed E-state index contributed by atoms with van der Waals surface area (Å²) >= 11 is 0. The summed E-state index contributed by atoms with van der Waals surface area (Å²) in [6.07, 6.45) is 1.71. The van der Waals surface area contributed by atoms with Crippen LogP contribution in [0.25, 0.3) is 11.3 Å². The molecule has 1 fully saturated rings. The van der Waals surface area contributed by atoms with Gasteiger partial charge in [-0.1, -0.05) is 12.1 Å². The Bertz CT molecular complexity index is 1190. The van der Waals surface area contributed by atoms with Crippen molar-refractivity contribution < 1.29 is 9.59 Å². The number of anilines is 4. The number of hydrogen-bond acceptors (Lipinski definition) is 8. The normalized spacial score (nSPS) is 15.2. The van der Waals surface area contributed by atoms with Gasteiger partial charge in [0.1, 0.15) is 6.04 Å². The van der Waals surface area contributed by atoms with Crippen LogP contribution in [0.4, 0.5) is 23.0 Å². The van der Waals surface area contributed by atoms with Crippen LogP contribution in [0.5, 0.6) is 0 Å². The highest BCUT2D eigenvalue weighted by atomic mass is 16.2. The Labute approximate surface area is 210 Å². The molecule has 2 atom stereocenters. The second kappa shape index (κ2) is 11.0. The lowest BCUT2D eigenvalue weighted by atomic mass is 10.1. The predicted molar refractivity (Wildman–Crippen MR) is 142 cm³/mol. The molecule has 0 aliphatic carbocycles. The quantitative estimate of drug-likeness (QED) is 0.378. The Morgan fingerprint density at radius 2 is 1.56 bits per heavy atom. The van der Waals surface area contributed by atoms with E-state index in [9.17, 15) is 9.59 Å². The molecule has 188 valence electrons. The Hall–Kier alpha value is -4.18. The monoisotopic (exact) mass is 488 g/mol. The van der Waals surface area contributed by atoms with Crippen molar-refractivity contribution in [2.75, 3.05) is 41.7 Å². The van der Waals surface area contributed by atoms with Gasteiger partial charge in [0, 0.05) is 55.0 Å². The molecular formula is C26H32N8O2. The molecule has 0 spiro atoms. The average molecular weight is 489 g/mol. The summed E-state index contributed by atoms with van der Waals surface area (Å²) in [5.74, 6) is 0.0874. The minimum atomic E-state index is -0.462. The van der Waals surface area contributed by atoms with Crippen LogP contribution in [0.15, 0.2) is 60.8 Å². The Morgan fingerprint density at radius 3 is 2.17 bits per heavy atom. The third kappa shape index (κ3) is 6.08. The first-order chi connectivity index (χ1) is 17.3. The molecule has 1 aliphatic heterocycles. The molecule has 0 radical (unpaired) electrons. The largest absolute Gasteiger partial charge is 0.374 e. The van der Waals surface area contributed by atoms with Crippen molar-refractivity contribution in [1.82, 2.24) is 14.9 Å². The molecule has 4 rings (SSSR count). The Kier molecular flexibility index (Phi) is 7.65. The molecule has 3 aromatic rings. The second-order valence-corrected chi connectivity index (χ2v) is 8.88. The van der Waals surface area contributed by atoms with Crippen LogP contribution in [-0.4, -0.2) is 64.9 Å². The summed E-state index contributed by atoms with van der Waals surface area (Å²) in [4.78, 5) is 36.4. The van der Waals surface area contributed by atoms with Crippen molar-refractivity contribution >= 4 is 34.8 Å². The predicted octanol–water partition coefficient (Wildman–Crippen LogP) is 2.17. The summed E-state index contributed by atoms with van der Waals surface area (Å²) in [7, 11) is 0. The molecule has 10 heteroatoms. The van der Waals surface area contributed by atoms with Crippen molar-refractivity contribution in [2.45, 2.75) is 25.9 Å². The molecule has 2 amide bonds. The maximum Gasteiger partial charge on any atom is 0.239 e. The van der Waals surface area contributed by atoms with Crippen molar-refractivity contribution in [3.8, 4) is 11.3 Å². The van der Waals surface area contributed by atoms with Crippen LogP contribution < -0.4 is 27.0 Å². The SMILES string of the molecule is C[C@H](N)C(=O)N1CCN(c2ccc(Nc3nccc(-c4ccc(N[C@H](C)C(N)=O)cc4)n3)cc2)CC1. The van der Waals surface area contributed by atoms with Gasteiger partial charge < -0.3 is 31.9 Å². The molecule has 0 saturated carbocycles. The number of aromatic nitrogens is 2. The fourth-order valence-corrected chi connectivity index (χ4v) is 4.00. The van der Waals surface area contributed by atoms with Gasteiger partial charge in [0.2, 0.25) is 17.8 Å². The lowest BCUT2D eigenvalue weighted by Crippen LogP contribution is -2.52. The van der Waals surface area contributed by atoms with Crippen molar-refractivity contribution in [3.05, 3.63) is 60.8 Å². The number of benzene rings is 2. The summed E-state index contributed by atoms with van der Waals surface area (Å²) in [5.41, 5.74) is 15.5. The van der Waals surface area contributed by atoms with Crippen LogP contribution >= 0.6 is 0 Å². The number of nitrogens with two attached hydrogens (primary N) is 2. The number of rotatable bonds is 8. The number of carbonyl (C=O) groups excluding carboxylic acids is 2. The van der Waals surface area contributed by atoms with Crippen LogP contribution in [0.2, 0.25) is 0 Å². The first-order valence-electron chi connectivity index (χ1n) is 12.0. The van der Waals surface area contributed by atoms with Gasteiger partial charge in [0.25, 0.3) is 0 Å². The first kappa shape index (κ1) is 24.9. The number of piperazine rings is 1. The molecule has 2 aromatic carbocycles. The molecular weight excluding hydrogens is 456 g/mol. The van der Waals surface area contributed by atoms with Gasteiger partial charge in [-0.3, -0.25) is 9.59 Å². The van der Waals surface area contributed by atoms with Gasteiger partial charge in [-0.15, -0.1) is 0 Å². The number of primary amides is 1. The summed E-state index contributed by atoms with van der Waals surface area (Å²) in [5, 5.41) is 6.32. The first-order valence-corrected chi connectivity index (χ1v) is 12.0. The number of nitrogens with one attached hydrogen (secondary N) is 2. The summed E-state index contributed by atoms with van der Waals surface area (Å²) < 4.78 is 0. The van der Waals surface area contributed by atoms with Crippen LogP contribution in [-0.2, 0) is 9.59 Å². The van der Waals surface area contributed by atoms with E-state index in [1.54, 1.807) is 20.0 Å². The zero-order valence-electron chi connectivity index (χ0n) is 20.5. The maximum absolute atomic E-state index is 12.1. The lowest BCUT2D eigenvalue weighted by molar-refractivity contribution is -0.132. The van der Waals surface area contributed by atoms with E-state index in [4.69, 9.17) is 11.5 Å². The standard InChI is InChI=1S/C26H32N8O2/c1-17(27)25(36)34-15-13-33(14-16-34)22-9-7-21(8-10-22)31-26-29-12-11-23(32-26)19-3-5-20(6-4-19)30-18(2)24(28)35/h3-12,17-18,30H,13-16,27H2,1-2H3,(H2,28,35)(H,29,31,32)/t17-,18+/m0/s1. The molecule has 1 aliphatic rings. The minimum Gasteiger partial charge on any atom is -0.374 e. The number of amides is 2. The number of carbonyl (C=O) groups is 2. The zero-order valence-corrected chi connectivity index (χ0v) is 20.5. The van der Waals surface area contributed by atoms with Gasteiger partial charge in [-0.25, -0.2) is 9.97 Å². The topological polar surface area (TPSA) is 142 Å². The van der Waals surface area contributed by atoms with E-state index in [1.807, 2.05) is 59.5 Å². The lowest BCUT2D eigenvalue weighted by Gasteiger charge is -2.36. The Morgan fingerprint density at radius 1 is 0.917 bits per heavy atom. The van der Waals surface area contributed by atoms with Crippen LogP contribution in [0.3, 0.4) is 0 Å². The van der Waals surface area contributed by atoms with E-state index in [0.29, 0.717) is 19.0 Å². The van der Waals surface area contributed by atoms with Gasteiger partial charge in [0.15, 0.2) is 0 Å². The third-order valence-electron chi connectivity index (χ3n) is 6.12. The second-order valence-electron chi connectivity index (χ2n) is 8.88. The molecule has 1 saturated heterocycles. The van der Waals surface area contributed by atoms with E-state index < -0.39 is 18.0 Å². The zero-order chi connectivity index (χ0) is 25.7. The van der Waals surface area contributed by atoms with Crippen molar-refractivity contribution in [1.29, 1.82) is 0 Å². The van der Waals surface area contributed by atoms with Gasteiger partial charge in [0.05, 0.1) is 11.7 Å². The molecule has 36 heavy (non-hydrogen) atoms. The highest BCUT2D eigenvalue weighted by Gasteiger charge is 2.23. The minimum absolute atomic E-state index is 0.00159. The molecule has 6 N–H and O–H groups in total. The third-order valence-corrected chi connectivity index (χ3v) is 6.12. The van der Waals surface area contributed by atoms with Crippen molar-refractivity contribution in [3.63, 3.8) is 0 Å². The molecule has 10 nitrogen and oxygen atoms in total. The Balaban J connectivity index is 1.36. The van der Waals surface area contributed by atoms with E-state index >= 15 is 0 Å².